The number of allylic oxidation sites excluding steroid dienone is 1. The lowest BCUT2D eigenvalue weighted by atomic mass is 9.75. The number of carbonyl (C=O) groups is 3. The summed E-state index contributed by atoms with van der Waals surface area (Å²) in [5.74, 6) is -2.54. The van der Waals surface area contributed by atoms with Gasteiger partial charge in [0, 0.05) is 5.92 Å². The number of nitrogens with one attached hydrogen (secondary N) is 1. The van der Waals surface area contributed by atoms with Crippen molar-refractivity contribution in [2.45, 2.75) is 32.4 Å². The average molecular weight is 387 g/mol. The van der Waals surface area contributed by atoms with Crippen LogP contribution in [0.3, 0.4) is 0 Å². The summed E-state index contributed by atoms with van der Waals surface area (Å²) < 4.78 is 15.8. The quantitative estimate of drug-likeness (QED) is 0.439. The predicted octanol–water partition coefficient (Wildman–Crippen LogP) is 2.60. The van der Waals surface area contributed by atoms with E-state index in [9.17, 15) is 14.4 Å². The van der Waals surface area contributed by atoms with Crippen molar-refractivity contribution >= 4 is 18.0 Å². The second-order valence-corrected chi connectivity index (χ2v) is 6.90. The molecule has 3 rings (SSSR count). The Kier molecular flexibility index (Phi) is 6.02. The van der Waals surface area contributed by atoms with Crippen LogP contribution in [0.4, 0.5) is 4.79 Å². The highest BCUT2D eigenvalue weighted by Crippen LogP contribution is 2.51. The topological polar surface area (TPSA) is 90.9 Å². The third kappa shape index (κ3) is 3.61. The molecule has 2 aliphatic rings. The van der Waals surface area contributed by atoms with Crippen LogP contribution in [0.25, 0.3) is 0 Å². The number of esters is 2. The Hall–Kier alpha value is -2.83. The van der Waals surface area contributed by atoms with Crippen molar-refractivity contribution < 1.29 is 28.6 Å². The Morgan fingerprint density at radius 3 is 2.43 bits per heavy atom. The number of carbonyl (C=O) groups excluding carboxylic acids is 3. The molecule has 28 heavy (non-hydrogen) atoms. The van der Waals surface area contributed by atoms with E-state index in [2.05, 4.69) is 5.32 Å². The minimum Gasteiger partial charge on any atom is -0.466 e. The van der Waals surface area contributed by atoms with Crippen LogP contribution in [-0.4, -0.2) is 36.8 Å². The summed E-state index contributed by atoms with van der Waals surface area (Å²) in [7, 11) is 0. The standard InChI is InChI=1S/C21H25NO6/c1-3-26-18(23)17-15-10-11-16(12-15)21(17,19(24)27-4-2)22-20(25)28-13-14-8-6-5-7-9-14/h5-11,15-17H,3-4,12-13H2,1-2H3,(H,22,25)/t15-,16+,17-,21+/m1/s1. The normalized spacial score (nSPS) is 27.3. The van der Waals surface area contributed by atoms with Crippen LogP contribution in [0.2, 0.25) is 0 Å². The van der Waals surface area contributed by atoms with Gasteiger partial charge in [-0.3, -0.25) is 4.79 Å². The van der Waals surface area contributed by atoms with Crippen LogP contribution < -0.4 is 5.32 Å². The summed E-state index contributed by atoms with van der Waals surface area (Å²) >= 11 is 0. The fourth-order valence-electron chi connectivity index (χ4n) is 4.15. The number of benzene rings is 1. The second-order valence-electron chi connectivity index (χ2n) is 6.90. The zero-order valence-electron chi connectivity index (χ0n) is 16.1. The van der Waals surface area contributed by atoms with Gasteiger partial charge in [0.05, 0.1) is 19.1 Å². The Morgan fingerprint density at radius 1 is 1.04 bits per heavy atom. The number of hydrogen-bond donors (Lipinski definition) is 1. The highest BCUT2D eigenvalue weighted by Gasteiger charge is 2.66. The van der Waals surface area contributed by atoms with E-state index >= 15 is 0 Å². The first kappa shape index (κ1) is 19.9. The third-order valence-corrected chi connectivity index (χ3v) is 5.30. The van der Waals surface area contributed by atoms with Gasteiger partial charge in [0.15, 0.2) is 5.54 Å². The Bertz CT molecular complexity index is 761. The molecule has 7 heteroatoms. The van der Waals surface area contributed by atoms with Crippen molar-refractivity contribution in [2.24, 2.45) is 17.8 Å². The second kappa shape index (κ2) is 8.46. The molecule has 0 unspecified atom stereocenters. The van der Waals surface area contributed by atoms with Crippen molar-refractivity contribution in [3.05, 3.63) is 48.0 Å². The summed E-state index contributed by atoms with van der Waals surface area (Å²) in [6, 6.07) is 9.21. The minimum absolute atomic E-state index is 0.0551. The molecule has 0 aromatic heterocycles. The minimum atomic E-state index is -1.52. The largest absolute Gasteiger partial charge is 0.466 e. The van der Waals surface area contributed by atoms with E-state index < -0.39 is 29.5 Å². The summed E-state index contributed by atoms with van der Waals surface area (Å²) in [6.07, 6.45) is 3.56. The van der Waals surface area contributed by atoms with Crippen LogP contribution in [0, 0.1) is 17.8 Å². The first-order valence-corrected chi connectivity index (χ1v) is 9.54. The molecular weight excluding hydrogens is 362 g/mol. The Morgan fingerprint density at radius 2 is 1.75 bits per heavy atom. The number of hydrogen-bond acceptors (Lipinski definition) is 6. The number of rotatable bonds is 7. The Labute approximate surface area is 164 Å². The molecule has 1 aromatic rings. The van der Waals surface area contributed by atoms with Crippen molar-refractivity contribution in [2.75, 3.05) is 13.2 Å². The number of amides is 1. The van der Waals surface area contributed by atoms with Crippen molar-refractivity contribution in [1.82, 2.24) is 5.32 Å². The van der Waals surface area contributed by atoms with Gasteiger partial charge in [-0.15, -0.1) is 0 Å². The van der Waals surface area contributed by atoms with Gasteiger partial charge < -0.3 is 19.5 Å². The van der Waals surface area contributed by atoms with Crippen molar-refractivity contribution in [3.63, 3.8) is 0 Å². The lowest BCUT2D eigenvalue weighted by Crippen LogP contribution is -2.64. The van der Waals surface area contributed by atoms with Gasteiger partial charge in [-0.05, 0) is 31.7 Å². The molecule has 0 spiro atoms. The van der Waals surface area contributed by atoms with Crippen LogP contribution in [-0.2, 0) is 30.4 Å². The van der Waals surface area contributed by atoms with Crippen LogP contribution in [0.5, 0.6) is 0 Å². The first-order chi connectivity index (χ1) is 13.5. The van der Waals surface area contributed by atoms with E-state index in [0.717, 1.165) is 5.56 Å². The highest BCUT2D eigenvalue weighted by molar-refractivity contribution is 5.94. The monoisotopic (exact) mass is 387 g/mol. The van der Waals surface area contributed by atoms with Gasteiger partial charge in [0.2, 0.25) is 0 Å². The molecule has 2 bridgehead atoms. The van der Waals surface area contributed by atoms with E-state index in [0.29, 0.717) is 6.42 Å². The zero-order chi connectivity index (χ0) is 20.1. The van der Waals surface area contributed by atoms with E-state index in [1.54, 1.807) is 13.8 Å². The Balaban J connectivity index is 1.83. The van der Waals surface area contributed by atoms with Crippen LogP contribution in [0.1, 0.15) is 25.8 Å². The lowest BCUT2D eigenvalue weighted by molar-refractivity contribution is -0.164. The molecule has 0 heterocycles. The molecule has 1 N–H and O–H groups in total. The first-order valence-electron chi connectivity index (χ1n) is 9.54. The fraction of sp³-hybridized carbons (Fsp3) is 0.476. The van der Waals surface area contributed by atoms with Crippen molar-refractivity contribution in [1.29, 1.82) is 0 Å². The number of alkyl carbamates (subject to hydrolysis) is 1. The SMILES string of the molecule is CCOC(=O)[C@H]1[C@@H]2C=C[C@@H](C2)[C@@]1(NC(=O)OCc1ccccc1)C(=O)OCC. The number of ether oxygens (including phenoxy) is 3. The highest BCUT2D eigenvalue weighted by atomic mass is 16.6. The van der Waals surface area contributed by atoms with Gasteiger partial charge >= 0.3 is 18.0 Å². The molecular formula is C21H25NO6. The van der Waals surface area contributed by atoms with E-state index in [-0.39, 0.29) is 31.7 Å². The van der Waals surface area contributed by atoms with E-state index in [1.165, 1.54) is 0 Å². The van der Waals surface area contributed by atoms with Crippen molar-refractivity contribution in [3.8, 4) is 0 Å². The van der Waals surface area contributed by atoms with Gasteiger partial charge in [-0.2, -0.15) is 0 Å². The fourth-order valence-corrected chi connectivity index (χ4v) is 4.15. The van der Waals surface area contributed by atoms with Crippen LogP contribution >= 0.6 is 0 Å². The molecule has 0 saturated heterocycles. The van der Waals surface area contributed by atoms with Gasteiger partial charge in [0.25, 0.3) is 0 Å². The molecule has 2 aliphatic carbocycles. The maximum atomic E-state index is 13.0. The molecule has 4 atom stereocenters. The molecule has 0 aliphatic heterocycles. The van der Waals surface area contributed by atoms with E-state index in [1.807, 2.05) is 42.5 Å². The summed E-state index contributed by atoms with van der Waals surface area (Å²) in [6.45, 7) is 3.77. The third-order valence-electron chi connectivity index (χ3n) is 5.30. The van der Waals surface area contributed by atoms with Gasteiger partial charge in [0.1, 0.15) is 6.61 Å². The van der Waals surface area contributed by atoms with Gasteiger partial charge in [-0.1, -0.05) is 42.5 Å². The smallest absolute Gasteiger partial charge is 0.408 e. The van der Waals surface area contributed by atoms with Crippen LogP contribution in [0.15, 0.2) is 42.5 Å². The summed E-state index contributed by atoms with van der Waals surface area (Å²) in [4.78, 5) is 38.2. The molecule has 1 amide bonds. The molecule has 1 saturated carbocycles. The molecule has 7 nitrogen and oxygen atoms in total. The lowest BCUT2D eigenvalue weighted by Gasteiger charge is -2.38. The molecule has 0 radical (unpaired) electrons. The molecule has 1 aromatic carbocycles. The summed E-state index contributed by atoms with van der Waals surface area (Å²) in [5, 5.41) is 2.68. The number of fused-ring (bicyclic) bond motifs is 2. The predicted molar refractivity (Wildman–Crippen MR) is 100.0 cm³/mol. The molecule has 150 valence electrons. The van der Waals surface area contributed by atoms with E-state index in [4.69, 9.17) is 14.2 Å². The summed E-state index contributed by atoms with van der Waals surface area (Å²) in [5.41, 5.74) is -0.701. The average Bonchev–Trinajstić information content (AvgIpc) is 3.28. The zero-order valence-corrected chi connectivity index (χ0v) is 16.1. The van der Waals surface area contributed by atoms with Gasteiger partial charge in [-0.25, -0.2) is 9.59 Å². The molecule has 1 fully saturated rings. The maximum absolute atomic E-state index is 13.0. The maximum Gasteiger partial charge on any atom is 0.408 e.